The zero-order valence-electron chi connectivity index (χ0n) is 7.50. The second-order valence-electron chi connectivity index (χ2n) is 3.48. The van der Waals surface area contributed by atoms with Gasteiger partial charge in [-0.3, -0.25) is 0 Å². The van der Waals surface area contributed by atoms with Crippen molar-refractivity contribution in [3.05, 3.63) is 29.3 Å². The van der Waals surface area contributed by atoms with Crippen molar-refractivity contribution in [1.29, 1.82) is 0 Å². The molecule has 0 unspecified atom stereocenters. The highest BCUT2D eigenvalue weighted by Gasteiger charge is 2.15. The second-order valence-corrected chi connectivity index (χ2v) is 5.29. The van der Waals surface area contributed by atoms with E-state index in [-0.39, 0.29) is 0 Å². The first-order valence-electron chi connectivity index (χ1n) is 4.77. The normalized spacial score (nSPS) is 17.9. The van der Waals surface area contributed by atoms with Gasteiger partial charge in [0, 0.05) is 15.2 Å². The Balaban J connectivity index is 1.97. The predicted molar refractivity (Wildman–Crippen MR) is 59.6 cm³/mol. The van der Waals surface area contributed by atoms with E-state index in [1.165, 1.54) is 30.6 Å². The first-order chi connectivity index (χ1) is 6.34. The van der Waals surface area contributed by atoms with E-state index >= 15 is 0 Å². The van der Waals surface area contributed by atoms with Crippen LogP contribution in [0.1, 0.15) is 25.7 Å². The van der Waals surface area contributed by atoms with E-state index < -0.39 is 0 Å². The van der Waals surface area contributed by atoms with Crippen LogP contribution in [0.3, 0.4) is 0 Å². The van der Waals surface area contributed by atoms with Crippen LogP contribution in [0.4, 0.5) is 0 Å². The zero-order valence-corrected chi connectivity index (χ0v) is 9.07. The molecule has 0 aromatic heterocycles. The van der Waals surface area contributed by atoms with Gasteiger partial charge in [0.2, 0.25) is 0 Å². The summed E-state index contributed by atoms with van der Waals surface area (Å²) in [5.74, 6) is 0. The molecule has 0 radical (unpaired) electrons. The maximum Gasteiger partial charge on any atom is 0.0406 e. The number of benzene rings is 1. The SMILES string of the molecule is Clc1ccc(SC2CCCC2)cc1. The Morgan fingerprint density at radius 1 is 1.08 bits per heavy atom. The average Bonchev–Trinajstić information content (AvgIpc) is 2.62. The van der Waals surface area contributed by atoms with Crippen molar-refractivity contribution in [3.8, 4) is 0 Å². The van der Waals surface area contributed by atoms with Crippen LogP contribution in [0.25, 0.3) is 0 Å². The summed E-state index contributed by atoms with van der Waals surface area (Å²) in [6.07, 6.45) is 5.58. The van der Waals surface area contributed by atoms with E-state index in [1.807, 2.05) is 23.9 Å². The van der Waals surface area contributed by atoms with Crippen LogP contribution in [0.2, 0.25) is 5.02 Å². The molecule has 1 saturated carbocycles. The Hall–Kier alpha value is -0.140. The van der Waals surface area contributed by atoms with Crippen molar-refractivity contribution in [3.63, 3.8) is 0 Å². The molecule has 1 aliphatic carbocycles. The summed E-state index contributed by atoms with van der Waals surface area (Å²) in [5, 5.41) is 1.68. The molecule has 0 atom stereocenters. The van der Waals surface area contributed by atoms with Gasteiger partial charge in [0.1, 0.15) is 0 Å². The molecule has 2 heteroatoms. The molecule has 0 amide bonds. The average molecular weight is 213 g/mol. The highest BCUT2D eigenvalue weighted by molar-refractivity contribution is 8.00. The predicted octanol–water partition coefficient (Wildman–Crippen LogP) is 4.37. The van der Waals surface area contributed by atoms with Crippen LogP contribution in [0, 0.1) is 0 Å². The summed E-state index contributed by atoms with van der Waals surface area (Å²) in [7, 11) is 0. The van der Waals surface area contributed by atoms with Gasteiger partial charge >= 0.3 is 0 Å². The zero-order chi connectivity index (χ0) is 9.10. The lowest BCUT2D eigenvalue weighted by molar-refractivity contribution is 0.886. The fraction of sp³-hybridized carbons (Fsp3) is 0.455. The maximum atomic E-state index is 5.82. The van der Waals surface area contributed by atoms with E-state index in [1.54, 1.807) is 0 Å². The van der Waals surface area contributed by atoms with Gasteiger partial charge < -0.3 is 0 Å². The Morgan fingerprint density at radius 2 is 1.69 bits per heavy atom. The molecule has 13 heavy (non-hydrogen) atoms. The van der Waals surface area contributed by atoms with Gasteiger partial charge in [0.25, 0.3) is 0 Å². The second kappa shape index (κ2) is 4.39. The van der Waals surface area contributed by atoms with Gasteiger partial charge in [0.15, 0.2) is 0 Å². The monoisotopic (exact) mass is 212 g/mol. The lowest BCUT2D eigenvalue weighted by Gasteiger charge is -2.07. The number of halogens is 1. The molecule has 0 aliphatic heterocycles. The Morgan fingerprint density at radius 3 is 2.31 bits per heavy atom. The van der Waals surface area contributed by atoms with Crippen LogP contribution in [0.5, 0.6) is 0 Å². The minimum absolute atomic E-state index is 0.829. The number of hydrogen-bond acceptors (Lipinski definition) is 1. The molecule has 0 nitrogen and oxygen atoms in total. The van der Waals surface area contributed by atoms with Gasteiger partial charge in [-0.15, -0.1) is 11.8 Å². The number of rotatable bonds is 2. The molecule has 0 bridgehead atoms. The Kier molecular flexibility index (Phi) is 3.18. The van der Waals surface area contributed by atoms with Crippen molar-refractivity contribution in [2.75, 3.05) is 0 Å². The fourth-order valence-corrected chi connectivity index (χ4v) is 3.08. The Bertz CT molecular complexity index is 262. The molecular formula is C11H13ClS. The molecule has 1 aromatic rings. The minimum Gasteiger partial charge on any atom is -0.123 e. The largest absolute Gasteiger partial charge is 0.123 e. The molecule has 1 aromatic carbocycles. The minimum atomic E-state index is 0.829. The van der Waals surface area contributed by atoms with Crippen molar-refractivity contribution in [2.24, 2.45) is 0 Å². The summed E-state index contributed by atoms with van der Waals surface area (Å²) in [5.41, 5.74) is 0. The van der Waals surface area contributed by atoms with Crippen LogP contribution in [-0.2, 0) is 0 Å². The van der Waals surface area contributed by atoms with E-state index in [2.05, 4.69) is 12.1 Å². The van der Waals surface area contributed by atoms with Gasteiger partial charge in [-0.2, -0.15) is 0 Å². The number of hydrogen-bond donors (Lipinski definition) is 0. The first kappa shape index (κ1) is 9.42. The smallest absolute Gasteiger partial charge is 0.0406 e. The Labute approximate surface area is 88.7 Å². The molecular weight excluding hydrogens is 200 g/mol. The summed E-state index contributed by atoms with van der Waals surface area (Å²) in [6.45, 7) is 0. The standard InChI is InChI=1S/C11H13ClS/c12-9-5-7-11(8-6-9)13-10-3-1-2-4-10/h5-8,10H,1-4H2. The molecule has 1 fully saturated rings. The third kappa shape index (κ3) is 2.65. The fourth-order valence-electron chi connectivity index (χ4n) is 1.71. The molecule has 0 heterocycles. The lowest BCUT2D eigenvalue weighted by atomic mass is 10.4. The number of thioether (sulfide) groups is 1. The maximum absolute atomic E-state index is 5.82. The summed E-state index contributed by atoms with van der Waals surface area (Å²) in [6, 6.07) is 8.17. The molecule has 0 saturated heterocycles. The van der Waals surface area contributed by atoms with E-state index in [0.717, 1.165) is 10.3 Å². The third-order valence-corrected chi connectivity index (χ3v) is 4.02. The van der Waals surface area contributed by atoms with E-state index in [4.69, 9.17) is 11.6 Å². The van der Waals surface area contributed by atoms with Gasteiger partial charge in [-0.25, -0.2) is 0 Å². The highest BCUT2D eigenvalue weighted by Crippen LogP contribution is 2.34. The van der Waals surface area contributed by atoms with Gasteiger partial charge in [-0.05, 0) is 37.1 Å². The van der Waals surface area contributed by atoms with Crippen molar-refractivity contribution in [1.82, 2.24) is 0 Å². The third-order valence-electron chi connectivity index (χ3n) is 2.42. The van der Waals surface area contributed by atoms with Crippen LogP contribution >= 0.6 is 23.4 Å². The van der Waals surface area contributed by atoms with Gasteiger partial charge in [0.05, 0.1) is 0 Å². The molecule has 2 rings (SSSR count). The highest BCUT2D eigenvalue weighted by atomic mass is 35.5. The van der Waals surface area contributed by atoms with Crippen molar-refractivity contribution >= 4 is 23.4 Å². The lowest BCUT2D eigenvalue weighted by Crippen LogP contribution is -1.92. The first-order valence-corrected chi connectivity index (χ1v) is 6.02. The van der Waals surface area contributed by atoms with Crippen molar-refractivity contribution < 1.29 is 0 Å². The van der Waals surface area contributed by atoms with Crippen LogP contribution in [0.15, 0.2) is 29.2 Å². The molecule has 0 spiro atoms. The van der Waals surface area contributed by atoms with E-state index in [9.17, 15) is 0 Å². The molecule has 70 valence electrons. The topological polar surface area (TPSA) is 0 Å². The van der Waals surface area contributed by atoms with Crippen LogP contribution < -0.4 is 0 Å². The summed E-state index contributed by atoms with van der Waals surface area (Å²) in [4.78, 5) is 1.36. The van der Waals surface area contributed by atoms with Crippen molar-refractivity contribution in [2.45, 2.75) is 35.8 Å². The summed E-state index contributed by atoms with van der Waals surface area (Å²) < 4.78 is 0. The molecule has 1 aliphatic rings. The van der Waals surface area contributed by atoms with E-state index in [0.29, 0.717) is 0 Å². The summed E-state index contributed by atoms with van der Waals surface area (Å²) >= 11 is 7.82. The molecule has 0 N–H and O–H groups in total. The van der Waals surface area contributed by atoms with Crippen LogP contribution in [-0.4, -0.2) is 5.25 Å². The quantitative estimate of drug-likeness (QED) is 0.702. The van der Waals surface area contributed by atoms with Gasteiger partial charge in [-0.1, -0.05) is 24.4 Å².